The minimum atomic E-state index is -0.162. The summed E-state index contributed by atoms with van der Waals surface area (Å²) in [5.74, 6) is 0.583. The summed E-state index contributed by atoms with van der Waals surface area (Å²) < 4.78 is 3.57. The Morgan fingerprint density at radius 2 is 2.00 bits per heavy atom. The van der Waals surface area contributed by atoms with Gasteiger partial charge in [-0.15, -0.1) is 0 Å². The summed E-state index contributed by atoms with van der Waals surface area (Å²) in [4.78, 5) is 12.6. The maximum absolute atomic E-state index is 12.6. The highest BCUT2D eigenvalue weighted by Gasteiger charge is 2.17. The van der Waals surface area contributed by atoms with E-state index in [1.165, 1.54) is 5.56 Å². The van der Waals surface area contributed by atoms with Gasteiger partial charge in [-0.3, -0.25) is 9.48 Å². The van der Waals surface area contributed by atoms with Crippen LogP contribution in [0.25, 0.3) is 5.82 Å². The lowest BCUT2D eigenvalue weighted by atomic mass is 10.1. The molecule has 112 valence electrons. The van der Waals surface area contributed by atoms with Crippen molar-refractivity contribution in [3.63, 3.8) is 0 Å². The van der Waals surface area contributed by atoms with Gasteiger partial charge in [0.05, 0.1) is 6.20 Å². The van der Waals surface area contributed by atoms with E-state index in [2.05, 4.69) is 17.3 Å². The molecular weight excluding hydrogens is 276 g/mol. The molecule has 0 fully saturated rings. The Morgan fingerprint density at radius 1 is 1.23 bits per heavy atom. The molecule has 0 bridgehead atoms. The molecule has 0 atom stereocenters. The summed E-state index contributed by atoms with van der Waals surface area (Å²) >= 11 is 0. The van der Waals surface area contributed by atoms with Gasteiger partial charge in [-0.05, 0) is 36.2 Å². The van der Waals surface area contributed by atoms with Crippen LogP contribution in [-0.4, -0.2) is 20.3 Å². The van der Waals surface area contributed by atoms with Crippen molar-refractivity contribution in [3.8, 4) is 5.82 Å². The highest BCUT2D eigenvalue weighted by molar-refractivity contribution is 6.06. The Morgan fingerprint density at radius 3 is 2.73 bits per heavy atom. The molecule has 1 N–H and O–H groups in total. The van der Waals surface area contributed by atoms with Crippen molar-refractivity contribution in [2.45, 2.75) is 13.3 Å². The van der Waals surface area contributed by atoms with E-state index in [1.54, 1.807) is 10.9 Å². The first kappa shape index (κ1) is 14.1. The van der Waals surface area contributed by atoms with Crippen LogP contribution in [0.1, 0.15) is 22.8 Å². The molecule has 22 heavy (non-hydrogen) atoms. The van der Waals surface area contributed by atoms with Gasteiger partial charge in [0.1, 0.15) is 11.4 Å². The van der Waals surface area contributed by atoms with Gasteiger partial charge in [-0.2, -0.15) is 5.10 Å². The van der Waals surface area contributed by atoms with Gasteiger partial charge in [0.15, 0.2) is 0 Å². The SMILES string of the molecule is CCc1cccc(NC(=O)c2cnn(C)c2-n2cccc2)c1. The van der Waals surface area contributed by atoms with Crippen LogP contribution in [0.2, 0.25) is 0 Å². The van der Waals surface area contributed by atoms with Crippen LogP contribution in [0.5, 0.6) is 0 Å². The summed E-state index contributed by atoms with van der Waals surface area (Å²) in [5, 5.41) is 7.15. The second kappa shape index (κ2) is 5.89. The molecule has 0 unspecified atom stereocenters. The standard InChI is InChI=1S/C17H18N4O/c1-3-13-7-6-8-14(11-13)19-16(22)15-12-18-20(2)17(15)21-9-4-5-10-21/h4-12H,3H2,1-2H3,(H,19,22). The number of carbonyl (C=O) groups is 1. The van der Waals surface area contributed by atoms with E-state index in [9.17, 15) is 4.79 Å². The van der Waals surface area contributed by atoms with Crippen LogP contribution >= 0.6 is 0 Å². The lowest BCUT2D eigenvalue weighted by Gasteiger charge is -2.09. The number of hydrogen-bond acceptors (Lipinski definition) is 2. The fourth-order valence-electron chi connectivity index (χ4n) is 2.44. The minimum Gasteiger partial charge on any atom is -0.322 e. The van der Waals surface area contributed by atoms with Gasteiger partial charge in [0.2, 0.25) is 0 Å². The second-order valence-corrected chi connectivity index (χ2v) is 5.10. The monoisotopic (exact) mass is 294 g/mol. The topological polar surface area (TPSA) is 51.9 Å². The van der Waals surface area contributed by atoms with Crippen molar-refractivity contribution in [1.29, 1.82) is 0 Å². The molecular formula is C17H18N4O. The van der Waals surface area contributed by atoms with E-state index < -0.39 is 0 Å². The Kier molecular flexibility index (Phi) is 3.78. The maximum Gasteiger partial charge on any atom is 0.261 e. The minimum absolute atomic E-state index is 0.162. The lowest BCUT2D eigenvalue weighted by Crippen LogP contribution is -2.15. The zero-order valence-corrected chi connectivity index (χ0v) is 12.7. The van der Waals surface area contributed by atoms with Gasteiger partial charge >= 0.3 is 0 Å². The Hall–Kier alpha value is -2.82. The van der Waals surface area contributed by atoms with Crippen molar-refractivity contribution in [1.82, 2.24) is 14.3 Å². The Bertz CT molecular complexity index is 787. The van der Waals surface area contributed by atoms with Gasteiger partial charge in [-0.25, -0.2) is 0 Å². The van der Waals surface area contributed by atoms with E-state index in [4.69, 9.17) is 0 Å². The van der Waals surface area contributed by atoms with E-state index >= 15 is 0 Å². The number of rotatable bonds is 4. The Labute approximate surface area is 129 Å². The number of hydrogen-bond donors (Lipinski definition) is 1. The van der Waals surface area contributed by atoms with Crippen molar-refractivity contribution in [2.75, 3.05) is 5.32 Å². The average Bonchev–Trinajstić information content (AvgIpc) is 3.16. The maximum atomic E-state index is 12.6. The average molecular weight is 294 g/mol. The number of anilines is 1. The van der Waals surface area contributed by atoms with E-state index in [1.807, 2.05) is 60.4 Å². The summed E-state index contributed by atoms with van der Waals surface area (Å²) in [6.07, 6.45) is 6.32. The zero-order valence-electron chi connectivity index (χ0n) is 12.7. The first-order valence-electron chi connectivity index (χ1n) is 7.24. The molecule has 3 aromatic rings. The molecule has 1 aromatic carbocycles. The lowest BCUT2D eigenvalue weighted by molar-refractivity contribution is 0.102. The largest absolute Gasteiger partial charge is 0.322 e. The highest BCUT2D eigenvalue weighted by Crippen LogP contribution is 2.17. The van der Waals surface area contributed by atoms with Crippen molar-refractivity contribution >= 4 is 11.6 Å². The third kappa shape index (κ3) is 2.65. The number of aryl methyl sites for hydroxylation is 2. The first-order chi connectivity index (χ1) is 10.7. The molecule has 0 radical (unpaired) electrons. The predicted molar refractivity (Wildman–Crippen MR) is 86.3 cm³/mol. The third-order valence-electron chi connectivity index (χ3n) is 3.59. The molecule has 3 rings (SSSR count). The smallest absolute Gasteiger partial charge is 0.261 e. The summed E-state index contributed by atoms with van der Waals surface area (Å²) in [5.41, 5.74) is 2.53. The molecule has 0 aliphatic carbocycles. The number of aromatic nitrogens is 3. The molecule has 0 saturated carbocycles. The normalized spacial score (nSPS) is 10.6. The fraction of sp³-hybridized carbons (Fsp3) is 0.176. The predicted octanol–water partition coefficient (Wildman–Crippen LogP) is 3.03. The van der Waals surface area contributed by atoms with E-state index in [0.29, 0.717) is 5.56 Å². The summed E-state index contributed by atoms with van der Waals surface area (Å²) in [6, 6.07) is 11.7. The number of amides is 1. The van der Waals surface area contributed by atoms with Crippen molar-refractivity contribution in [3.05, 3.63) is 66.1 Å². The summed E-state index contributed by atoms with van der Waals surface area (Å²) in [6.45, 7) is 2.09. The third-order valence-corrected chi connectivity index (χ3v) is 3.59. The number of benzene rings is 1. The van der Waals surface area contributed by atoms with E-state index in [0.717, 1.165) is 17.9 Å². The van der Waals surface area contributed by atoms with E-state index in [-0.39, 0.29) is 5.91 Å². The van der Waals surface area contributed by atoms with Gasteiger partial charge in [0, 0.05) is 25.1 Å². The molecule has 2 heterocycles. The second-order valence-electron chi connectivity index (χ2n) is 5.10. The number of nitrogens with one attached hydrogen (secondary N) is 1. The van der Waals surface area contributed by atoms with Crippen molar-refractivity contribution < 1.29 is 4.79 Å². The fourth-order valence-corrected chi connectivity index (χ4v) is 2.44. The van der Waals surface area contributed by atoms with Crippen LogP contribution < -0.4 is 5.32 Å². The van der Waals surface area contributed by atoms with Crippen LogP contribution in [0.4, 0.5) is 5.69 Å². The van der Waals surface area contributed by atoms with Gasteiger partial charge in [-0.1, -0.05) is 19.1 Å². The van der Waals surface area contributed by atoms with Crippen LogP contribution in [-0.2, 0) is 13.5 Å². The molecule has 0 aliphatic heterocycles. The van der Waals surface area contributed by atoms with Gasteiger partial charge in [0.25, 0.3) is 5.91 Å². The molecule has 5 nitrogen and oxygen atoms in total. The van der Waals surface area contributed by atoms with Gasteiger partial charge < -0.3 is 9.88 Å². The molecule has 1 amide bonds. The molecule has 0 saturated heterocycles. The molecule has 0 aliphatic rings. The zero-order chi connectivity index (χ0) is 15.5. The molecule has 0 spiro atoms. The summed E-state index contributed by atoms with van der Waals surface area (Å²) in [7, 11) is 1.82. The number of carbonyl (C=O) groups excluding carboxylic acids is 1. The van der Waals surface area contributed by atoms with Crippen LogP contribution in [0.15, 0.2) is 55.0 Å². The molecule has 2 aromatic heterocycles. The quantitative estimate of drug-likeness (QED) is 0.804. The Balaban J connectivity index is 1.90. The highest BCUT2D eigenvalue weighted by atomic mass is 16.1. The van der Waals surface area contributed by atoms with Crippen molar-refractivity contribution in [2.24, 2.45) is 7.05 Å². The van der Waals surface area contributed by atoms with Crippen LogP contribution in [0, 0.1) is 0 Å². The first-order valence-corrected chi connectivity index (χ1v) is 7.24. The van der Waals surface area contributed by atoms with Crippen LogP contribution in [0.3, 0.4) is 0 Å². The molecule has 5 heteroatoms. The number of nitrogens with zero attached hydrogens (tertiary/aromatic N) is 3.